The quantitative estimate of drug-likeness (QED) is 0.329. The van der Waals surface area contributed by atoms with E-state index in [1.54, 1.807) is 41.5 Å². The maximum absolute atomic E-state index is 12.3. The maximum Gasteiger partial charge on any atom is 0.271 e. The normalized spacial score (nSPS) is 10.9. The first-order chi connectivity index (χ1) is 15.7. The van der Waals surface area contributed by atoms with Crippen LogP contribution >= 0.6 is 11.6 Å². The lowest BCUT2D eigenvalue weighted by molar-refractivity contribution is 0.0955. The van der Waals surface area contributed by atoms with E-state index >= 15 is 0 Å². The number of aromatic nitrogens is 3. The number of nitrogens with zero attached hydrogens (tertiary/aromatic N) is 4. The second-order valence-electron chi connectivity index (χ2n) is 6.73. The molecule has 2 aromatic carbocycles. The van der Waals surface area contributed by atoms with E-state index in [4.69, 9.17) is 21.4 Å². The average Bonchev–Trinajstić information content (AvgIpc) is 3.26. The van der Waals surface area contributed by atoms with Crippen molar-refractivity contribution in [3.63, 3.8) is 0 Å². The summed E-state index contributed by atoms with van der Waals surface area (Å²) in [4.78, 5) is 16.2. The van der Waals surface area contributed by atoms with Crippen LogP contribution in [0.2, 0.25) is 5.02 Å². The molecule has 2 aromatic heterocycles. The minimum absolute atomic E-state index is 0.329. The summed E-state index contributed by atoms with van der Waals surface area (Å²) >= 11 is 6.39. The van der Waals surface area contributed by atoms with Crippen LogP contribution < -0.4 is 10.2 Å². The molecular formula is C24H20ClN5O2. The SMILES string of the molecule is CCOc1ccc(-c2nn(-c3ccccc3)cc2/C=N/NC(=O)c2ccncc2)cc1Cl. The van der Waals surface area contributed by atoms with E-state index in [2.05, 4.69) is 15.5 Å². The van der Waals surface area contributed by atoms with Crippen LogP contribution in [0.15, 0.2) is 84.4 Å². The fourth-order valence-electron chi connectivity index (χ4n) is 3.07. The Morgan fingerprint density at radius 1 is 1.16 bits per heavy atom. The Kier molecular flexibility index (Phi) is 6.57. The lowest BCUT2D eigenvalue weighted by atomic mass is 10.1. The molecule has 160 valence electrons. The first-order valence-corrected chi connectivity index (χ1v) is 10.3. The zero-order valence-corrected chi connectivity index (χ0v) is 18.0. The summed E-state index contributed by atoms with van der Waals surface area (Å²) in [6.07, 6.45) is 6.51. The first kappa shape index (κ1) is 21.3. The van der Waals surface area contributed by atoms with Gasteiger partial charge < -0.3 is 4.74 Å². The number of rotatable bonds is 7. The molecule has 32 heavy (non-hydrogen) atoms. The Bertz CT molecular complexity index is 1240. The van der Waals surface area contributed by atoms with Gasteiger partial charge in [0.15, 0.2) is 0 Å². The van der Waals surface area contributed by atoms with Crippen molar-refractivity contribution in [1.29, 1.82) is 0 Å². The summed E-state index contributed by atoms with van der Waals surface area (Å²) < 4.78 is 7.29. The van der Waals surface area contributed by atoms with Crippen molar-refractivity contribution in [3.8, 4) is 22.7 Å². The standard InChI is InChI=1S/C24H20ClN5O2/c1-2-32-22-9-8-18(14-21(22)25)23-19(16-30(29-23)20-6-4-3-5-7-20)15-27-28-24(31)17-10-12-26-13-11-17/h3-16H,2H2,1H3,(H,28,31)/b27-15+. The van der Waals surface area contributed by atoms with Crippen molar-refractivity contribution in [2.75, 3.05) is 6.61 Å². The number of halogens is 1. The molecule has 0 aliphatic carbocycles. The van der Waals surface area contributed by atoms with Crippen molar-refractivity contribution in [2.45, 2.75) is 6.92 Å². The number of carbonyl (C=O) groups is 1. The summed E-state index contributed by atoms with van der Waals surface area (Å²) in [7, 11) is 0. The second kappa shape index (κ2) is 9.89. The van der Waals surface area contributed by atoms with E-state index in [0.717, 1.165) is 11.3 Å². The van der Waals surface area contributed by atoms with Gasteiger partial charge in [0.05, 0.1) is 23.5 Å². The monoisotopic (exact) mass is 445 g/mol. The average molecular weight is 446 g/mol. The number of hydrogen-bond acceptors (Lipinski definition) is 5. The van der Waals surface area contributed by atoms with E-state index in [9.17, 15) is 4.79 Å². The number of para-hydroxylation sites is 1. The van der Waals surface area contributed by atoms with Gasteiger partial charge in [0.25, 0.3) is 5.91 Å². The van der Waals surface area contributed by atoms with Gasteiger partial charge in [0.1, 0.15) is 11.4 Å². The highest BCUT2D eigenvalue weighted by Gasteiger charge is 2.13. The van der Waals surface area contributed by atoms with E-state index in [1.807, 2.05) is 55.6 Å². The maximum atomic E-state index is 12.3. The van der Waals surface area contributed by atoms with Crippen LogP contribution in [-0.2, 0) is 0 Å². The molecule has 4 rings (SSSR count). The van der Waals surface area contributed by atoms with Gasteiger partial charge >= 0.3 is 0 Å². The smallest absolute Gasteiger partial charge is 0.271 e. The Labute approximate surface area is 190 Å². The highest BCUT2D eigenvalue weighted by atomic mass is 35.5. The lowest BCUT2D eigenvalue weighted by Gasteiger charge is -2.07. The van der Waals surface area contributed by atoms with Crippen LogP contribution in [0, 0.1) is 0 Å². The van der Waals surface area contributed by atoms with Gasteiger partial charge in [-0.15, -0.1) is 0 Å². The molecule has 0 aliphatic rings. The van der Waals surface area contributed by atoms with E-state index in [0.29, 0.717) is 34.2 Å². The zero-order chi connectivity index (χ0) is 22.3. The molecule has 0 unspecified atom stereocenters. The van der Waals surface area contributed by atoms with Gasteiger partial charge in [-0.1, -0.05) is 29.8 Å². The van der Waals surface area contributed by atoms with Crippen LogP contribution in [0.25, 0.3) is 16.9 Å². The number of hydrazone groups is 1. The highest BCUT2D eigenvalue weighted by molar-refractivity contribution is 6.32. The zero-order valence-electron chi connectivity index (χ0n) is 17.3. The Morgan fingerprint density at radius 3 is 2.66 bits per heavy atom. The summed E-state index contributed by atoms with van der Waals surface area (Å²) in [5, 5.41) is 9.35. The Morgan fingerprint density at radius 2 is 1.94 bits per heavy atom. The number of nitrogens with one attached hydrogen (secondary N) is 1. The molecule has 7 nitrogen and oxygen atoms in total. The number of amides is 1. The second-order valence-corrected chi connectivity index (χ2v) is 7.13. The van der Waals surface area contributed by atoms with Crippen molar-refractivity contribution in [1.82, 2.24) is 20.2 Å². The molecule has 0 bridgehead atoms. The Hall–Kier alpha value is -3.97. The van der Waals surface area contributed by atoms with Crippen LogP contribution in [0.1, 0.15) is 22.8 Å². The fraction of sp³-hybridized carbons (Fsp3) is 0.0833. The summed E-state index contributed by atoms with van der Waals surface area (Å²) in [5.41, 5.74) is 6.08. The largest absolute Gasteiger partial charge is 0.492 e. The minimum atomic E-state index is -0.329. The predicted molar refractivity (Wildman–Crippen MR) is 124 cm³/mol. The fourth-order valence-corrected chi connectivity index (χ4v) is 3.30. The molecule has 0 aliphatic heterocycles. The third-order valence-electron chi connectivity index (χ3n) is 4.58. The van der Waals surface area contributed by atoms with Crippen molar-refractivity contribution >= 4 is 23.7 Å². The van der Waals surface area contributed by atoms with Crippen LogP contribution in [0.4, 0.5) is 0 Å². The van der Waals surface area contributed by atoms with Gasteiger partial charge in [0, 0.05) is 35.3 Å². The minimum Gasteiger partial charge on any atom is -0.492 e. The molecule has 0 spiro atoms. The van der Waals surface area contributed by atoms with Crippen LogP contribution in [0.3, 0.4) is 0 Å². The highest BCUT2D eigenvalue weighted by Crippen LogP contribution is 2.31. The van der Waals surface area contributed by atoms with Gasteiger partial charge in [0.2, 0.25) is 0 Å². The van der Waals surface area contributed by atoms with E-state index in [1.165, 1.54) is 0 Å². The van der Waals surface area contributed by atoms with Crippen molar-refractivity contribution < 1.29 is 9.53 Å². The summed E-state index contributed by atoms with van der Waals surface area (Å²) in [6, 6.07) is 18.5. The lowest BCUT2D eigenvalue weighted by Crippen LogP contribution is -2.17. The number of benzene rings is 2. The molecule has 8 heteroatoms. The Balaban J connectivity index is 1.66. The summed E-state index contributed by atoms with van der Waals surface area (Å²) in [6.45, 7) is 2.43. The molecule has 0 saturated carbocycles. The predicted octanol–water partition coefficient (Wildman–Crippen LogP) is 4.75. The molecule has 1 N–H and O–H groups in total. The first-order valence-electron chi connectivity index (χ1n) is 9.97. The van der Waals surface area contributed by atoms with Gasteiger partial charge in [-0.25, -0.2) is 10.1 Å². The number of pyridine rings is 1. The van der Waals surface area contributed by atoms with Gasteiger partial charge in [-0.3, -0.25) is 9.78 Å². The van der Waals surface area contributed by atoms with Crippen molar-refractivity contribution in [3.05, 3.63) is 95.4 Å². The topological polar surface area (TPSA) is 81.4 Å². The summed E-state index contributed by atoms with van der Waals surface area (Å²) in [5.74, 6) is 0.282. The molecule has 4 aromatic rings. The molecular weight excluding hydrogens is 426 g/mol. The third kappa shape index (κ3) is 4.84. The molecule has 0 saturated heterocycles. The van der Waals surface area contributed by atoms with Crippen LogP contribution in [-0.4, -0.2) is 33.5 Å². The van der Waals surface area contributed by atoms with Gasteiger partial charge in [-0.05, 0) is 49.4 Å². The number of ether oxygens (including phenoxy) is 1. The molecule has 0 fully saturated rings. The van der Waals surface area contributed by atoms with Crippen molar-refractivity contribution in [2.24, 2.45) is 5.10 Å². The molecule has 2 heterocycles. The molecule has 0 atom stereocenters. The van der Waals surface area contributed by atoms with E-state index < -0.39 is 0 Å². The third-order valence-corrected chi connectivity index (χ3v) is 4.88. The molecule has 0 radical (unpaired) electrons. The number of hydrogen-bond donors (Lipinski definition) is 1. The van der Waals surface area contributed by atoms with Crippen LogP contribution in [0.5, 0.6) is 5.75 Å². The number of carbonyl (C=O) groups excluding carboxylic acids is 1. The molecule has 1 amide bonds. The van der Waals surface area contributed by atoms with Gasteiger partial charge in [-0.2, -0.15) is 10.2 Å². The van der Waals surface area contributed by atoms with E-state index in [-0.39, 0.29) is 5.91 Å².